The van der Waals surface area contributed by atoms with E-state index in [1.165, 1.54) is 0 Å². The number of hydrogen-bond donors (Lipinski definition) is 1. The monoisotopic (exact) mass is 369 g/mol. The number of halogens is 5. The van der Waals surface area contributed by atoms with Crippen molar-refractivity contribution in [1.29, 1.82) is 0 Å². The number of ether oxygens (including phenoxy) is 2. The molecule has 0 aliphatic rings. The SMILES string of the molecule is CC(N)CC(C)C(=O)OCCOC(=O)c1c(F)c(F)c(F)c(F)c1F. The molecule has 0 radical (unpaired) electrons. The van der Waals surface area contributed by atoms with Gasteiger partial charge < -0.3 is 15.2 Å². The zero-order chi connectivity index (χ0) is 19.3. The first kappa shape index (κ1) is 20.8. The van der Waals surface area contributed by atoms with Crippen LogP contribution in [0.15, 0.2) is 0 Å². The zero-order valence-electron chi connectivity index (χ0n) is 13.4. The summed E-state index contributed by atoms with van der Waals surface area (Å²) in [4.78, 5) is 23.1. The van der Waals surface area contributed by atoms with Crippen LogP contribution in [0.25, 0.3) is 0 Å². The molecule has 0 aliphatic heterocycles. The van der Waals surface area contributed by atoms with E-state index in [0.29, 0.717) is 6.42 Å². The Balaban J connectivity index is 2.63. The number of hydrogen-bond acceptors (Lipinski definition) is 5. The van der Waals surface area contributed by atoms with E-state index in [0.717, 1.165) is 0 Å². The molecule has 0 aliphatic carbocycles. The minimum atomic E-state index is -2.39. The number of esters is 2. The first-order chi connectivity index (χ1) is 11.6. The third-order valence-corrected chi connectivity index (χ3v) is 3.10. The maximum absolute atomic E-state index is 13.4. The molecule has 25 heavy (non-hydrogen) atoms. The van der Waals surface area contributed by atoms with Crippen molar-refractivity contribution in [2.75, 3.05) is 13.2 Å². The minimum absolute atomic E-state index is 0.241. The van der Waals surface area contributed by atoms with Gasteiger partial charge >= 0.3 is 11.9 Å². The maximum Gasteiger partial charge on any atom is 0.344 e. The lowest BCUT2D eigenvalue weighted by Crippen LogP contribution is -2.25. The molecule has 5 nitrogen and oxygen atoms in total. The smallest absolute Gasteiger partial charge is 0.344 e. The highest BCUT2D eigenvalue weighted by Gasteiger charge is 2.30. The fourth-order valence-electron chi connectivity index (χ4n) is 1.93. The minimum Gasteiger partial charge on any atom is -0.462 e. The molecule has 0 fully saturated rings. The van der Waals surface area contributed by atoms with Crippen LogP contribution in [0.2, 0.25) is 0 Å². The molecule has 2 N–H and O–H groups in total. The summed E-state index contributed by atoms with van der Waals surface area (Å²) < 4.78 is 74.8. The van der Waals surface area contributed by atoms with E-state index < -0.39 is 65.7 Å². The lowest BCUT2D eigenvalue weighted by atomic mass is 10.0. The highest BCUT2D eigenvalue weighted by molar-refractivity contribution is 5.90. The molecule has 0 saturated carbocycles. The normalized spacial score (nSPS) is 13.3. The Morgan fingerprint density at radius 3 is 1.80 bits per heavy atom. The summed E-state index contributed by atoms with van der Waals surface area (Å²) in [6, 6.07) is -0.241. The van der Waals surface area contributed by atoms with Crippen LogP contribution in [-0.2, 0) is 14.3 Å². The van der Waals surface area contributed by atoms with Crippen molar-refractivity contribution >= 4 is 11.9 Å². The van der Waals surface area contributed by atoms with Gasteiger partial charge in [-0.3, -0.25) is 4.79 Å². The average Bonchev–Trinajstić information content (AvgIpc) is 2.54. The highest BCUT2D eigenvalue weighted by Crippen LogP contribution is 2.23. The van der Waals surface area contributed by atoms with Crippen LogP contribution in [0.3, 0.4) is 0 Å². The molecule has 1 aromatic carbocycles. The van der Waals surface area contributed by atoms with Gasteiger partial charge in [0.15, 0.2) is 23.3 Å². The van der Waals surface area contributed by atoms with Gasteiger partial charge in [-0.1, -0.05) is 6.92 Å². The number of rotatable bonds is 7. The lowest BCUT2D eigenvalue weighted by Gasteiger charge is -2.13. The number of carbonyl (C=O) groups is 2. The second-order valence-electron chi connectivity index (χ2n) is 5.36. The predicted octanol–water partition coefficient (Wildman–Crippen LogP) is 2.46. The largest absolute Gasteiger partial charge is 0.462 e. The summed E-state index contributed by atoms with van der Waals surface area (Å²) in [6.45, 7) is 2.17. The van der Waals surface area contributed by atoms with Gasteiger partial charge in [-0.25, -0.2) is 26.7 Å². The summed E-state index contributed by atoms with van der Waals surface area (Å²) in [5.41, 5.74) is 3.80. The van der Waals surface area contributed by atoms with Crippen LogP contribution in [-0.4, -0.2) is 31.2 Å². The van der Waals surface area contributed by atoms with Crippen molar-refractivity contribution in [3.63, 3.8) is 0 Å². The number of benzene rings is 1. The van der Waals surface area contributed by atoms with Crippen molar-refractivity contribution in [3.05, 3.63) is 34.6 Å². The van der Waals surface area contributed by atoms with E-state index in [9.17, 15) is 31.5 Å². The number of carbonyl (C=O) groups excluding carboxylic acids is 2. The topological polar surface area (TPSA) is 78.6 Å². The Labute approximate surface area is 139 Å². The van der Waals surface area contributed by atoms with Gasteiger partial charge in [0.05, 0.1) is 5.92 Å². The molecule has 140 valence electrons. The molecule has 10 heteroatoms. The van der Waals surface area contributed by atoms with E-state index in [4.69, 9.17) is 10.5 Å². The third-order valence-electron chi connectivity index (χ3n) is 3.10. The molecule has 0 bridgehead atoms. The second-order valence-corrected chi connectivity index (χ2v) is 5.36. The van der Waals surface area contributed by atoms with Gasteiger partial charge in [0.2, 0.25) is 5.82 Å². The van der Waals surface area contributed by atoms with Crippen molar-refractivity contribution in [3.8, 4) is 0 Å². The molecular weight excluding hydrogens is 353 g/mol. The molecule has 0 heterocycles. The maximum atomic E-state index is 13.4. The molecule has 2 unspecified atom stereocenters. The summed E-state index contributed by atoms with van der Waals surface area (Å²) >= 11 is 0. The first-order valence-electron chi connectivity index (χ1n) is 7.18. The fraction of sp³-hybridized carbons (Fsp3) is 0.467. The molecule has 0 spiro atoms. The molecule has 0 aromatic heterocycles. The van der Waals surface area contributed by atoms with Gasteiger partial charge in [-0.2, -0.15) is 0 Å². The molecule has 0 amide bonds. The Hall–Kier alpha value is -2.23. The molecule has 1 rings (SSSR count). The fourth-order valence-corrected chi connectivity index (χ4v) is 1.93. The summed E-state index contributed by atoms with van der Waals surface area (Å²) in [5, 5.41) is 0. The van der Waals surface area contributed by atoms with Gasteiger partial charge in [0.25, 0.3) is 0 Å². The van der Waals surface area contributed by atoms with Gasteiger partial charge in [-0.05, 0) is 13.3 Å². The number of nitrogens with two attached hydrogens (primary N) is 1. The van der Waals surface area contributed by atoms with Gasteiger partial charge in [0, 0.05) is 6.04 Å². The Morgan fingerprint density at radius 2 is 1.32 bits per heavy atom. The Bertz CT molecular complexity index is 637. The quantitative estimate of drug-likeness (QED) is 0.263. The van der Waals surface area contributed by atoms with Crippen LogP contribution >= 0.6 is 0 Å². The van der Waals surface area contributed by atoms with Crippen molar-refractivity contribution in [1.82, 2.24) is 0 Å². The van der Waals surface area contributed by atoms with Crippen molar-refractivity contribution < 1.29 is 41.0 Å². The molecule has 2 atom stereocenters. The van der Waals surface area contributed by atoms with Crippen LogP contribution in [0.1, 0.15) is 30.6 Å². The third kappa shape index (κ3) is 5.12. The van der Waals surface area contributed by atoms with Crippen LogP contribution in [0.4, 0.5) is 22.0 Å². The standard InChI is InChI=1S/C15H16F5NO4/c1-6(5-7(2)21)14(22)24-3-4-25-15(23)8-9(16)11(18)13(20)12(19)10(8)17/h6-7H,3-5,21H2,1-2H3. The Kier molecular flexibility index (Phi) is 7.28. The van der Waals surface area contributed by atoms with Gasteiger partial charge in [-0.15, -0.1) is 0 Å². The Morgan fingerprint density at radius 1 is 0.880 bits per heavy atom. The summed E-state index contributed by atoms with van der Waals surface area (Å²) in [6.07, 6.45) is 0.350. The molecule has 0 saturated heterocycles. The van der Waals surface area contributed by atoms with E-state index in [2.05, 4.69) is 4.74 Å². The van der Waals surface area contributed by atoms with E-state index >= 15 is 0 Å². The van der Waals surface area contributed by atoms with E-state index in [1.807, 2.05) is 0 Å². The predicted molar refractivity (Wildman–Crippen MR) is 74.9 cm³/mol. The zero-order valence-corrected chi connectivity index (χ0v) is 13.4. The first-order valence-corrected chi connectivity index (χ1v) is 7.18. The van der Waals surface area contributed by atoms with E-state index in [1.54, 1.807) is 13.8 Å². The van der Waals surface area contributed by atoms with Crippen molar-refractivity contribution in [2.24, 2.45) is 11.7 Å². The molecular formula is C15H16F5NO4. The molecule has 1 aromatic rings. The summed E-state index contributed by atoms with van der Waals surface area (Å²) in [5.74, 6) is -14.4. The second kappa shape index (κ2) is 8.75. The highest BCUT2D eigenvalue weighted by atomic mass is 19.2. The summed E-state index contributed by atoms with van der Waals surface area (Å²) in [7, 11) is 0. The lowest BCUT2D eigenvalue weighted by molar-refractivity contribution is -0.149. The van der Waals surface area contributed by atoms with Crippen LogP contribution in [0.5, 0.6) is 0 Å². The van der Waals surface area contributed by atoms with Crippen LogP contribution in [0, 0.1) is 35.0 Å². The van der Waals surface area contributed by atoms with Crippen molar-refractivity contribution in [2.45, 2.75) is 26.3 Å². The van der Waals surface area contributed by atoms with E-state index in [-0.39, 0.29) is 6.04 Å². The van der Waals surface area contributed by atoms with Crippen LogP contribution < -0.4 is 5.73 Å². The van der Waals surface area contributed by atoms with Gasteiger partial charge in [0.1, 0.15) is 18.8 Å². The average molecular weight is 369 g/mol.